The van der Waals surface area contributed by atoms with Crippen LogP contribution in [0.2, 0.25) is 0 Å². The fourth-order valence-electron chi connectivity index (χ4n) is 2.83. The number of carbonyl (C=O) groups is 1. The van der Waals surface area contributed by atoms with Gasteiger partial charge in [-0.2, -0.15) is 0 Å². The highest BCUT2D eigenvalue weighted by Gasteiger charge is 2.35. The molecule has 0 aromatic heterocycles. The summed E-state index contributed by atoms with van der Waals surface area (Å²) in [4.78, 5) is 13.2. The Morgan fingerprint density at radius 1 is 1.44 bits per heavy atom. The van der Waals surface area contributed by atoms with Crippen LogP contribution in [0.25, 0.3) is 0 Å². The number of aliphatic hydroxyl groups is 1. The molecule has 0 spiro atoms. The number of hydrogen-bond acceptors (Lipinski definition) is 4. The Labute approximate surface area is 106 Å². The molecule has 4 N–H and O–H groups in total. The first-order chi connectivity index (χ1) is 8.66. The first kappa shape index (κ1) is 11.5. The van der Waals surface area contributed by atoms with Crippen molar-refractivity contribution in [3.63, 3.8) is 0 Å². The zero-order valence-corrected chi connectivity index (χ0v) is 10.1. The van der Waals surface area contributed by atoms with Crippen molar-refractivity contribution < 1.29 is 9.90 Å². The van der Waals surface area contributed by atoms with Crippen LogP contribution in [-0.4, -0.2) is 28.5 Å². The highest BCUT2D eigenvalue weighted by Crippen LogP contribution is 2.37. The Morgan fingerprint density at radius 2 is 2.28 bits per heavy atom. The zero-order chi connectivity index (χ0) is 12.7. The smallest absolute Gasteiger partial charge is 0.220 e. The lowest BCUT2D eigenvalue weighted by Crippen LogP contribution is -2.47. The molecule has 18 heavy (non-hydrogen) atoms. The van der Waals surface area contributed by atoms with Crippen LogP contribution in [0.3, 0.4) is 0 Å². The normalized spacial score (nSPS) is 27.9. The summed E-state index contributed by atoms with van der Waals surface area (Å²) in [7, 11) is 0. The van der Waals surface area contributed by atoms with E-state index in [1.54, 1.807) is 0 Å². The van der Waals surface area contributed by atoms with Crippen molar-refractivity contribution in [2.24, 2.45) is 0 Å². The Balaban J connectivity index is 1.82. The predicted octanol–water partition coefficient (Wildman–Crippen LogP) is 0.354. The van der Waals surface area contributed by atoms with Crippen molar-refractivity contribution in [1.82, 2.24) is 10.2 Å². The van der Waals surface area contributed by atoms with Crippen LogP contribution in [0.5, 0.6) is 0 Å². The number of nitrogen functional groups attached to an aromatic ring is 1. The van der Waals surface area contributed by atoms with Gasteiger partial charge >= 0.3 is 0 Å². The number of piperidine rings is 1. The lowest BCUT2D eigenvalue weighted by Gasteiger charge is -2.33. The fraction of sp³-hybridized carbons (Fsp3) is 0.462. The second-order valence-corrected chi connectivity index (χ2v) is 4.96. The van der Waals surface area contributed by atoms with E-state index in [1.807, 2.05) is 23.1 Å². The monoisotopic (exact) mass is 247 g/mol. The third-order valence-electron chi connectivity index (χ3n) is 3.89. The summed E-state index contributed by atoms with van der Waals surface area (Å²) in [5.41, 5.74) is 8.58. The Bertz CT molecular complexity index is 479. The van der Waals surface area contributed by atoms with E-state index in [2.05, 4.69) is 5.32 Å². The number of amides is 1. The number of anilines is 1. The summed E-state index contributed by atoms with van der Waals surface area (Å²) in [6.45, 7) is 1.26. The molecule has 1 fully saturated rings. The molecule has 2 unspecified atom stereocenters. The molecule has 0 saturated carbocycles. The van der Waals surface area contributed by atoms with Gasteiger partial charge in [-0.1, -0.05) is 12.1 Å². The molecule has 2 aliphatic heterocycles. The molecule has 1 aromatic carbocycles. The summed E-state index contributed by atoms with van der Waals surface area (Å²) in [6.07, 6.45) is 0.708. The quantitative estimate of drug-likeness (QED) is 0.626. The highest BCUT2D eigenvalue weighted by molar-refractivity contribution is 5.76. The van der Waals surface area contributed by atoms with Gasteiger partial charge in [0.05, 0.1) is 0 Å². The van der Waals surface area contributed by atoms with E-state index in [4.69, 9.17) is 5.73 Å². The van der Waals surface area contributed by atoms with Crippen LogP contribution in [0.15, 0.2) is 18.2 Å². The van der Waals surface area contributed by atoms with Gasteiger partial charge in [0, 0.05) is 36.8 Å². The van der Waals surface area contributed by atoms with E-state index in [0.29, 0.717) is 19.5 Å². The van der Waals surface area contributed by atoms with Gasteiger partial charge in [-0.15, -0.1) is 0 Å². The van der Waals surface area contributed by atoms with Crippen molar-refractivity contribution in [3.05, 3.63) is 29.3 Å². The van der Waals surface area contributed by atoms with Crippen molar-refractivity contribution >= 4 is 11.6 Å². The third kappa shape index (κ3) is 1.76. The molecule has 5 nitrogen and oxygen atoms in total. The summed E-state index contributed by atoms with van der Waals surface area (Å²) >= 11 is 0. The Hall–Kier alpha value is -1.59. The van der Waals surface area contributed by atoms with Crippen molar-refractivity contribution in [3.8, 4) is 0 Å². The predicted molar refractivity (Wildman–Crippen MR) is 67.4 cm³/mol. The van der Waals surface area contributed by atoms with E-state index in [0.717, 1.165) is 23.2 Å². The SMILES string of the molecule is Nc1cccc2c1CN(C1CCC(=O)NC1)C2O. The molecule has 1 amide bonds. The average molecular weight is 247 g/mol. The Morgan fingerprint density at radius 3 is 2.94 bits per heavy atom. The molecule has 1 aromatic rings. The topological polar surface area (TPSA) is 78.6 Å². The second-order valence-electron chi connectivity index (χ2n) is 4.96. The van der Waals surface area contributed by atoms with Crippen molar-refractivity contribution in [2.45, 2.75) is 31.7 Å². The summed E-state index contributed by atoms with van der Waals surface area (Å²) in [6, 6.07) is 5.82. The average Bonchev–Trinajstić information content (AvgIpc) is 2.70. The number of rotatable bonds is 1. The van der Waals surface area contributed by atoms with E-state index in [1.165, 1.54) is 0 Å². The van der Waals surface area contributed by atoms with Gasteiger partial charge < -0.3 is 16.2 Å². The van der Waals surface area contributed by atoms with Crippen molar-refractivity contribution in [2.75, 3.05) is 12.3 Å². The van der Waals surface area contributed by atoms with Gasteiger partial charge in [0.1, 0.15) is 6.23 Å². The second kappa shape index (κ2) is 4.26. The van der Waals surface area contributed by atoms with Gasteiger partial charge in [-0.25, -0.2) is 0 Å². The van der Waals surface area contributed by atoms with Crippen LogP contribution in [0.1, 0.15) is 30.2 Å². The van der Waals surface area contributed by atoms with Crippen molar-refractivity contribution in [1.29, 1.82) is 0 Å². The number of hydrogen-bond donors (Lipinski definition) is 3. The van der Waals surface area contributed by atoms with Crippen LogP contribution >= 0.6 is 0 Å². The molecule has 96 valence electrons. The van der Waals surface area contributed by atoms with E-state index < -0.39 is 6.23 Å². The molecule has 5 heteroatoms. The van der Waals surface area contributed by atoms with E-state index in [9.17, 15) is 9.90 Å². The molecule has 0 radical (unpaired) electrons. The number of nitrogens with one attached hydrogen (secondary N) is 1. The maximum atomic E-state index is 11.2. The summed E-state index contributed by atoms with van der Waals surface area (Å²) < 4.78 is 0. The largest absolute Gasteiger partial charge is 0.398 e. The van der Waals surface area contributed by atoms with Gasteiger partial charge in [0.25, 0.3) is 0 Å². The first-order valence-corrected chi connectivity index (χ1v) is 6.24. The molecule has 2 heterocycles. The van der Waals surface area contributed by atoms with Crippen LogP contribution in [0, 0.1) is 0 Å². The maximum absolute atomic E-state index is 11.2. The Kier molecular flexibility index (Phi) is 2.72. The number of nitrogens with two attached hydrogens (primary N) is 1. The number of aliphatic hydroxyl groups excluding tert-OH is 1. The minimum atomic E-state index is -0.608. The summed E-state index contributed by atoms with van der Waals surface area (Å²) in [5, 5.41) is 13.2. The van der Waals surface area contributed by atoms with Gasteiger partial charge in [-0.05, 0) is 18.1 Å². The maximum Gasteiger partial charge on any atom is 0.220 e. The number of carbonyl (C=O) groups excluding carboxylic acids is 1. The van der Waals surface area contributed by atoms with E-state index in [-0.39, 0.29) is 11.9 Å². The lowest BCUT2D eigenvalue weighted by molar-refractivity contribution is -0.124. The third-order valence-corrected chi connectivity index (χ3v) is 3.89. The lowest BCUT2D eigenvalue weighted by atomic mass is 10.1. The fourth-order valence-corrected chi connectivity index (χ4v) is 2.83. The van der Waals surface area contributed by atoms with Gasteiger partial charge in [-0.3, -0.25) is 9.69 Å². The number of nitrogens with zero attached hydrogens (tertiary/aromatic N) is 1. The first-order valence-electron chi connectivity index (χ1n) is 6.24. The minimum Gasteiger partial charge on any atom is -0.398 e. The molecule has 1 saturated heterocycles. The molecular formula is C13H17N3O2. The van der Waals surface area contributed by atoms with E-state index >= 15 is 0 Å². The highest BCUT2D eigenvalue weighted by atomic mass is 16.3. The molecule has 2 atom stereocenters. The summed E-state index contributed by atoms with van der Waals surface area (Å²) in [5.74, 6) is 0.0944. The van der Waals surface area contributed by atoms with Crippen LogP contribution in [-0.2, 0) is 11.3 Å². The minimum absolute atomic E-state index is 0.0944. The van der Waals surface area contributed by atoms with Gasteiger partial charge in [0.2, 0.25) is 5.91 Å². The van der Waals surface area contributed by atoms with Gasteiger partial charge in [0.15, 0.2) is 0 Å². The molecule has 0 bridgehead atoms. The number of fused-ring (bicyclic) bond motifs is 1. The van der Waals surface area contributed by atoms with Crippen LogP contribution in [0.4, 0.5) is 5.69 Å². The molecule has 3 rings (SSSR count). The molecule has 2 aliphatic rings. The number of benzene rings is 1. The molecule has 0 aliphatic carbocycles. The van der Waals surface area contributed by atoms with Crippen LogP contribution < -0.4 is 11.1 Å². The standard InChI is InChI=1S/C13H17N3O2/c14-11-3-1-2-9-10(11)7-16(13(9)18)8-4-5-12(17)15-6-8/h1-3,8,13,18H,4-7,14H2,(H,15,17). The zero-order valence-electron chi connectivity index (χ0n) is 10.1. The molecular weight excluding hydrogens is 230 g/mol.